The highest BCUT2D eigenvalue weighted by atomic mass is 16.5. The lowest BCUT2D eigenvalue weighted by Gasteiger charge is -2.09. The number of nitrogen functional groups attached to an aromatic ring is 1. The van der Waals surface area contributed by atoms with Gasteiger partial charge in [-0.05, 0) is 38.1 Å². The first-order valence-electron chi connectivity index (χ1n) is 5.83. The number of hydrogen-bond donors (Lipinski definition) is 1. The summed E-state index contributed by atoms with van der Waals surface area (Å²) < 4.78 is 8.65. The minimum Gasteiger partial charge on any atom is -0.494 e. The molecular formula is C13H17N3O2. The number of anilines is 1. The summed E-state index contributed by atoms with van der Waals surface area (Å²) in [6.45, 7) is 4.37. The largest absolute Gasteiger partial charge is 0.494 e. The van der Waals surface area contributed by atoms with E-state index in [4.69, 9.17) is 10.5 Å². The maximum atomic E-state index is 12.0. The average Bonchev–Trinajstić information content (AvgIpc) is 2.56. The van der Waals surface area contributed by atoms with Crippen LogP contribution in [-0.4, -0.2) is 16.0 Å². The molecule has 5 nitrogen and oxygen atoms in total. The van der Waals surface area contributed by atoms with Gasteiger partial charge in [-0.3, -0.25) is 9.48 Å². The van der Waals surface area contributed by atoms with Crippen LogP contribution in [0.3, 0.4) is 0 Å². The highest BCUT2D eigenvalue weighted by Crippen LogP contribution is 2.16. The second-order valence-electron chi connectivity index (χ2n) is 4.07. The van der Waals surface area contributed by atoms with Gasteiger partial charge >= 0.3 is 0 Å². The van der Waals surface area contributed by atoms with E-state index in [1.54, 1.807) is 9.36 Å². The van der Waals surface area contributed by atoms with E-state index in [0.29, 0.717) is 6.61 Å². The first kappa shape index (κ1) is 12.3. The quantitative estimate of drug-likeness (QED) is 0.893. The van der Waals surface area contributed by atoms with Gasteiger partial charge in [-0.15, -0.1) is 0 Å². The number of hydrogen-bond acceptors (Lipinski definition) is 3. The molecule has 0 spiro atoms. The molecule has 1 aromatic carbocycles. The second-order valence-corrected chi connectivity index (χ2v) is 4.07. The SMILES string of the molecule is CCOc1ccc(-n2c(=O)c(N)c(C)n2C)cc1. The molecule has 0 unspecified atom stereocenters. The zero-order valence-electron chi connectivity index (χ0n) is 10.8. The van der Waals surface area contributed by atoms with Crippen molar-refractivity contribution in [3.05, 3.63) is 40.3 Å². The smallest absolute Gasteiger partial charge is 0.294 e. The Balaban J connectivity index is 2.49. The third-order valence-corrected chi connectivity index (χ3v) is 2.99. The van der Waals surface area contributed by atoms with Crippen molar-refractivity contribution < 1.29 is 4.74 Å². The molecule has 0 radical (unpaired) electrons. The summed E-state index contributed by atoms with van der Waals surface area (Å²) in [5.41, 5.74) is 7.36. The van der Waals surface area contributed by atoms with Gasteiger partial charge in [0.25, 0.3) is 5.56 Å². The van der Waals surface area contributed by atoms with Gasteiger partial charge in [0.05, 0.1) is 18.0 Å². The van der Waals surface area contributed by atoms with Crippen LogP contribution in [0.15, 0.2) is 29.1 Å². The molecule has 96 valence electrons. The highest BCUT2D eigenvalue weighted by molar-refractivity contribution is 5.45. The molecule has 0 saturated carbocycles. The van der Waals surface area contributed by atoms with Gasteiger partial charge < -0.3 is 10.5 Å². The van der Waals surface area contributed by atoms with Crippen molar-refractivity contribution in [2.75, 3.05) is 12.3 Å². The van der Waals surface area contributed by atoms with Crippen molar-refractivity contribution in [3.8, 4) is 11.4 Å². The summed E-state index contributed by atoms with van der Waals surface area (Å²) in [7, 11) is 1.81. The molecule has 2 rings (SSSR count). The standard InChI is InChI=1S/C13H17N3O2/c1-4-18-11-7-5-10(6-8-11)16-13(17)12(14)9(2)15(16)3/h5-8H,4,14H2,1-3H3. The number of rotatable bonds is 3. The van der Waals surface area contributed by atoms with Gasteiger partial charge in [0.2, 0.25) is 0 Å². The van der Waals surface area contributed by atoms with Crippen molar-refractivity contribution >= 4 is 5.69 Å². The van der Waals surface area contributed by atoms with Gasteiger partial charge in [-0.25, -0.2) is 4.68 Å². The molecule has 2 N–H and O–H groups in total. The van der Waals surface area contributed by atoms with E-state index in [0.717, 1.165) is 17.1 Å². The summed E-state index contributed by atoms with van der Waals surface area (Å²) in [6, 6.07) is 7.35. The molecule has 0 aliphatic heterocycles. The van der Waals surface area contributed by atoms with Crippen molar-refractivity contribution in [2.24, 2.45) is 7.05 Å². The molecule has 0 atom stereocenters. The van der Waals surface area contributed by atoms with Crippen molar-refractivity contribution in [3.63, 3.8) is 0 Å². The Bertz CT molecular complexity index is 608. The number of benzene rings is 1. The molecule has 0 fully saturated rings. The average molecular weight is 247 g/mol. The third-order valence-electron chi connectivity index (χ3n) is 2.99. The van der Waals surface area contributed by atoms with Crippen LogP contribution < -0.4 is 16.0 Å². The van der Waals surface area contributed by atoms with E-state index in [9.17, 15) is 4.79 Å². The van der Waals surface area contributed by atoms with Crippen molar-refractivity contribution in [2.45, 2.75) is 13.8 Å². The van der Waals surface area contributed by atoms with E-state index in [1.165, 1.54) is 0 Å². The van der Waals surface area contributed by atoms with Gasteiger partial charge in [0, 0.05) is 7.05 Å². The lowest BCUT2D eigenvalue weighted by Crippen LogP contribution is -2.20. The van der Waals surface area contributed by atoms with Crippen LogP contribution in [0.1, 0.15) is 12.6 Å². The molecule has 0 saturated heterocycles. The van der Waals surface area contributed by atoms with Gasteiger partial charge in [0.1, 0.15) is 11.4 Å². The minimum absolute atomic E-state index is 0.195. The second kappa shape index (κ2) is 4.60. The summed E-state index contributed by atoms with van der Waals surface area (Å²) in [4.78, 5) is 12.0. The highest BCUT2D eigenvalue weighted by Gasteiger charge is 2.12. The van der Waals surface area contributed by atoms with Crippen molar-refractivity contribution in [1.82, 2.24) is 9.36 Å². The number of nitrogens with two attached hydrogens (primary N) is 1. The van der Waals surface area contributed by atoms with Crippen molar-refractivity contribution in [1.29, 1.82) is 0 Å². The summed E-state index contributed by atoms with van der Waals surface area (Å²) in [5, 5.41) is 0. The first-order valence-corrected chi connectivity index (χ1v) is 5.83. The van der Waals surface area contributed by atoms with Gasteiger partial charge in [-0.2, -0.15) is 0 Å². The Labute approximate surface area is 105 Å². The molecule has 0 aliphatic carbocycles. The fourth-order valence-corrected chi connectivity index (χ4v) is 1.87. The monoisotopic (exact) mass is 247 g/mol. The van der Waals surface area contributed by atoms with Crippen LogP contribution in [0, 0.1) is 6.92 Å². The molecule has 0 amide bonds. The molecular weight excluding hydrogens is 230 g/mol. The number of aromatic nitrogens is 2. The Morgan fingerprint density at radius 1 is 1.28 bits per heavy atom. The molecule has 1 aromatic heterocycles. The fourth-order valence-electron chi connectivity index (χ4n) is 1.87. The summed E-state index contributed by atoms with van der Waals surface area (Å²) >= 11 is 0. The Morgan fingerprint density at radius 2 is 1.89 bits per heavy atom. The predicted molar refractivity (Wildman–Crippen MR) is 71.3 cm³/mol. The van der Waals surface area contributed by atoms with Crippen LogP contribution in [0.25, 0.3) is 5.69 Å². The van der Waals surface area contributed by atoms with Gasteiger partial charge in [-0.1, -0.05) is 0 Å². The fraction of sp³-hybridized carbons (Fsp3) is 0.308. The lowest BCUT2D eigenvalue weighted by atomic mass is 10.3. The molecule has 2 aromatic rings. The lowest BCUT2D eigenvalue weighted by molar-refractivity contribution is 0.340. The number of ether oxygens (including phenoxy) is 1. The summed E-state index contributed by atoms with van der Waals surface area (Å²) in [5.74, 6) is 0.785. The zero-order valence-corrected chi connectivity index (χ0v) is 10.8. The van der Waals surface area contributed by atoms with E-state index in [-0.39, 0.29) is 11.2 Å². The molecule has 1 heterocycles. The van der Waals surface area contributed by atoms with Crippen LogP contribution in [0.4, 0.5) is 5.69 Å². The minimum atomic E-state index is -0.195. The van der Waals surface area contributed by atoms with Crippen LogP contribution >= 0.6 is 0 Å². The van der Waals surface area contributed by atoms with E-state index < -0.39 is 0 Å². The number of nitrogens with zero attached hydrogens (tertiary/aromatic N) is 2. The Morgan fingerprint density at radius 3 is 2.33 bits per heavy atom. The maximum absolute atomic E-state index is 12.0. The summed E-state index contributed by atoms with van der Waals surface area (Å²) in [6.07, 6.45) is 0. The van der Waals surface area contributed by atoms with Crippen LogP contribution in [-0.2, 0) is 7.05 Å². The van der Waals surface area contributed by atoms with E-state index >= 15 is 0 Å². The molecule has 0 bridgehead atoms. The Kier molecular flexibility index (Phi) is 3.14. The maximum Gasteiger partial charge on any atom is 0.294 e. The Hall–Kier alpha value is -2.17. The zero-order chi connectivity index (χ0) is 13.3. The first-order chi connectivity index (χ1) is 8.56. The van der Waals surface area contributed by atoms with Crippen LogP contribution in [0.5, 0.6) is 5.75 Å². The third kappa shape index (κ3) is 1.88. The molecule has 5 heteroatoms. The van der Waals surface area contributed by atoms with Crippen LogP contribution in [0.2, 0.25) is 0 Å². The van der Waals surface area contributed by atoms with E-state index in [1.807, 2.05) is 45.2 Å². The van der Waals surface area contributed by atoms with Gasteiger partial charge in [0.15, 0.2) is 0 Å². The molecule has 18 heavy (non-hydrogen) atoms. The predicted octanol–water partition coefficient (Wildman–Crippen LogP) is 1.47. The normalized spacial score (nSPS) is 10.6. The molecule has 0 aliphatic rings. The topological polar surface area (TPSA) is 62.2 Å². The van der Waals surface area contributed by atoms with E-state index in [2.05, 4.69) is 0 Å².